The standard InChI is InChI=1S/C18H18ClN3O/c19-15-6-2-4-8-17(15)22-12-18(23)20-10-9-13-11-21-16-7-3-1-5-14(13)16/h1-8,11,21-22H,9-10,12H2,(H,20,23). The van der Waals surface area contributed by atoms with Crippen molar-refractivity contribution in [2.75, 3.05) is 18.4 Å². The van der Waals surface area contributed by atoms with Crippen LogP contribution >= 0.6 is 11.6 Å². The molecular formula is C18H18ClN3O. The first kappa shape index (κ1) is 15.4. The average molecular weight is 328 g/mol. The lowest BCUT2D eigenvalue weighted by Crippen LogP contribution is -2.31. The van der Waals surface area contributed by atoms with Crippen LogP contribution in [0, 0.1) is 0 Å². The van der Waals surface area contributed by atoms with Crippen LogP contribution in [0.15, 0.2) is 54.7 Å². The highest BCUT2D eigenvalue weighted by Crippen LogP contribution is 2.20. The largest absolute Gasteiger partial charge is 0.375 e. The molecule has 0 bridgehead atoms. The maximum atomic E-state index is 11.9. The smallest absolute Gasteiger partial charge is 0.239 e. The summed E-state index contributed by atoms with van der Waals surface area (Å²) in [5, 5.41) is 7.77. The van der Waals surface area contributed by atoms with Gasteiger partial charge in [0.15, 0.2) is 0 Å². The van der Waals surface area contributed by atoms with Gasteiger partial charge in [-0.05, 0) is 30.2 Å². The monoisotopic (exact) mass is 327 g/mol. The Balaban J connectivity index is 1.47. The Morgan fingerprint density at radius 3 is 2.74 bits per heavy atom. The van der Waals surface area contributed by atoms with Gasteiger partial charge in [-0.1, -0.05) is 41.9 Å². The zero-order valence-electron chi connectivity index (χ0n) is 12.6. The van der Waals surface area contributed by atoms with Gasteiger partial charge in [-0.15, -0.1) is 0 Å². The predicted molar refractivity (Wildman–Crippen MR) is 95.0 cm³/mol. The molecule has 118 valence electrons. The minimum Gasteiger partial charge on any atom is -0.375 e. The Morgan fingerprint density at radius 2 is 1.87 bits per heavy atom. The van der Waals surface area contributed by atoms with Gasteiger partial charge in [-0.25, -0.2) is 0 Å². The summed E-state index contributed by atoms with van der Waals surface area (Å²) in [6.07, 6.45) is 2.79. The number of hydrogen-bond donors (Lipinski definition) is 3. The number of rotatable bonds is 6. The molecule has 3 rings (SSSR count). The highest BCUT2D eigenvalue weighted by Gasteiger charge is 2.05. The molecule has 0 atom stereocenters. The van der Waals surface area contributed by atoms with Crippen molar-refractivity contribution in [3.8, 4) is 0 Å². The van der Waals surface area contributed by atoms with E-state index in [9.17, 15) is 4.79 Å². The number of carbonyl (C=O) groups is 1. The summed E-state index contributed by atoms with van der Waals surface area (Å²) in [5.41, 5.74) is 3.09. The first-order valence-corrected chi connectivity index (χ1v) is 7.92. The normalized spacial score (nSPS) is 10.7. The molecule has 23 heavy (non-hydrogen) atoms. The van der Waals surface area contributed by atoms with Gasteiger partial charge in [-0.3, -0.25) is 4.79 Å². The number of aromatic amines is 1. The lowest BCUT2D eigenvalue weighted by Gasteiger charge is -2.08. The Bertz CT molecular complexity index is 813. The van der Waals surface area contributed by atoms with E-state index in [4.69, 9.17) is 11.6 Å². The number of anilines is 1. The maximum absolute atomic E-state index is 11.9. The first-order valence-electron chi connectivity index (χ1n) is 7.54. The second-order valence-electron chi connectivity index (χ2n) is 5.29. The van der Waals surface area contributed by atoms with Gasteiger partial charge in [0.05, 0.1) is 17.3 Å². The zero-order valence-corrected chi connectivity index (χ0v) is 13.4. The Hall–Kier alpha value is -2.46. The van der Waals surface area contributed by atoms with Crippen LogP contribution in [0.1, 0.15) is 5.56 Å². The molecule has 3 aromatic rings. The summed E-state index contributed by atoms with van der Waals surface area (Å²) in [7, 11) is 0. The van der Waals surface area contributed by atoms with E-state index in [0.717, 1.165) is 17.6 Å². The number of hydrogen-bond acceptors (Lipinski definition) is 2. The number of nitrogens with one attached hydrogen (secondary N) is 3. The van der Waals surface area contributed by atoms with Crippen LogP contribution < -0.4 is 10.6 Å². The summed E-state index contributed by atoms with van der Waals surface area (Å²) >= 11 is 6.04. The molecule has 1 aromatic heterocycles. The molecule has 5 heteroatoms. The van der Waals surface area contributed by atoms with Gasteiger partial charge < -0.3 is 15.6 Å². The molecule has 0 aliphatic rings. The molecule has 0 saturated carbocycles. The van der Waals surface area contributed by atoms with Crippen LogP contribution in [0.3, 0.4) is 0 Å². The van der Waals surface area contributed by atoms with E-state index >= 15 is 0 Å². The Morgan fingerprint density at radius 1 is 1.09 bits per heavy atom. The molecule has 0 radical (unpaired) electrons. The second kappa shape index (κ2) is 7.20. The van der Waals surface area contributed by atoms with Crippen molar-refractivity contribution in [1.82, 2.24) is 10.3 Å². The van der Waals surface area contributed by atoms with E-state index in [1.807, 2.05) is 42.6 Å². The quantitative estimate of drug-likeness (QED) is 0.648. The fourth-order valence-electron chi connectivity index (χ4n) is 2.52. The van der Waals surface area contributed by atoms with Gasteiger partial charge in [0.1, 0.15) is 0 Å². The summed E-state index contributed by atoms with van der Waals surface area (Å²) in [6, 6.07) is 15.5. The summed E-state index contributed by atoms with van der Waals surface area (Å²) in [5.74, 6) is -0.0511. The van der Waals surface area contributed by atoms with Gasteiger partial charge >= 0.3 is 0 Å². The Labute approximate surface area is 139 Å². The summed E-state index contributed by atoms with van der Waals surface area (Å²) < 4.78 is 0. The Kier molecular flexibility index (Phi) is 4.83. The maximum Gasteiger partial charge on any atom is 0.239 e. The van der Waals surface area contributed by atoms with E-state index in [1.54, 1.807) is 6.07 Å². The minimum atomic E-state index is -0.0511. The van der Waals surface area contributed by atoms with E-state index in [0.29, 0.717) is 11.6 Å². The molecule has 0 aliphatic carbocycles. The van der Waals surface area contributed by atoms with Crippen molar-refractivity contribution in [3.63, 3.8) is 0 Å². The van der Waals surface area contributed by atoms with Gasteiger partial charge in [-0.2, -0.15) is 0 Å². The second-order valence-corrected chi connectivity index (χ2v) is 5.70. The van der Waals surface area contributed by atoms with Gasteiger partial charge in [0.2, 0.25) is 5.91 Å². The molecule has 1 heterocycles. The number of para-hydroxylation sites is 2. The van der Waals surface area contributed by atoms with Crippen molar-refractivity contribution in [2.24, 2.45) is 0 Å². The molecule has 0 unspecified atom stereocenters. The number of carbonyl (C=O) groups excluding carboxylic acids is 1. The molecule has 1 amide bonds. The third-order valence-corrected chi connectivity index (χ3v) is 4.03. The first-order chi connectivity index (χ1) is 11.2. The number of amides is 1. The molecule has 0 spiro atoms. The van der Waals surface area contributed by atoms with Gasteiger partial charge in [0.25, 0.3) is 0 Å². The predicted octanol–water partition coefficient (Wildman–Crippen LogP) is 3.59. The minimum absolute atomic E-state index is 0.0511. The third kappa shape index (κ3) is 3.85. The molecule has 2 aromatic carbocycles. The summed E-state index contributed by atoms with van der Waals surface area (Å²) in [4.78, 5) is 15.1. The fourth-order valence-corrected chi connectivity index (χ4v) is 2.72. The molecule has 4 nitrogen and oxygen atoms in total. The molecule has 3 N–H and O–H groups in total. The number of halogens is 1. The number of benzene rings is 2. The number of H-pyrrole nitrogens is 1. The number of fused-ring (bicyclic) bond motifs is 1. The average Bonchev–Trinajstić information content (AvgIpc) is 2.98. The van der Waals surface area contributed by atoms with E-state index < -0.39 is 0 Å². The lowest BCUT2D eigenvalue weighted by molar-refractivity contribution is -0.119. The highest BCUT2D eigenvalue weighted by atomic mass is 35.5. The van der Waals surface area contributed by atoms with E-state index in [2.05, 4.69) is 21.7 Å². The van der Waals surface area contributed by atoms with Crippen LogP contribution in [-0.2, 0) is 11.2 Å². The highest BCUT2D eigenvalue weighted by molar-refractivity contribution is 6.33. The van der Waals surface area contributed by atoms with Crippen LogP contribution in [0.4, 0.5) is 5.69 Å². The van der Waals surface area contributed by atoms with Crippen molar-refractivity contribution >= 4 is 34.1 Å². The fraction of sp³-hybridized carbons (Fsp3) is 0.167. The zero-order chi connectivity index (χ0) is 16.1. The molecular weight excluding hydrogens is 310 g/mol. The SMILES string of the molecule is O=C(CNc1ccccc1Cl)NCCc1c[nH]c2ccccc12. The van der Waals surface area contributed by atoms with E-state index in [1.165, 1.54) is 10.9 Å². The van der Waals surface area contributed by atoms with Crippen molar-refractivity contribution in [3.05, 3.63) is 65.3 Å². The van der Waals surface area contributed by atoms with Gasteiger partial charge in [0, 0.05) is 23.6 Å². The molecule has 0 fully saturated rings. The van der Waals surface area contributed by atoms with Crippen LogP contribution in [0.5, 0.6) is 0 Å². The number of aromatic nitrogens is 1. The van der Waals surface area contributed by atoms with Crippen LogP contribution in [0.2, 0.25) is 5.02 Å². The topological polar surface area (TPSA) is 56.9 Å². The molecule has 0 saturated heterocycles. The van der Waals surface area contributed by atoms with E-state index in [-0.39, 0.29) is 12.5 Å². The van der Waals surface area contributed by atoms with Crippen molar-refractivity contribution < 1.29 is 4.79 Å². The van der Waals surface area contributed by atoms with Crippen LogP contribution in [-0.4, -0.2) is 24.0 Å². The van der Waals surface area contributed by atoms with Crippen molar-refractivity contribution in [2.45, 2.75) is 6.42 Å². The molecule has 0 aliphatic heterocycles. The third-order valence-electron chi connectivity index (χ3n) is 3.70. The van der Waals surface area contributed by atoms with Crippen molar-refractivity contribution in [1.29, 1.82) is 0 Å². The van der Waals surface area contributed by atoms with Crippen LogP contribution in [0.25, 0.3) is 10.9 Å². The lowest BCUT2D eigenvalue weighted by atomic mass is 10.1. The summed E-state index contributed by atoms with van der Waals surface area (Å²) in [6.45, 7) is 0.808.